The predicted octanol–water partition coefficient (Wildman–Crippen LogP) is 3.88. The molecule has 0 atom stereocenters. The molecular weight excluding hydrogens is 282 g/mol. The summed E-state index contributed by atoms with van der Waals surface area (Å²) in [4.78, 5) is 12.7. The van der Waals surface area contributed by atoms with Crippen molar-refractivity contribution in [2.45, 2.75) is 33.7 Å². The number of hydrogen-bond acceptors (Lipinski definition) is 3. The summed E-state index contributed by atoms with van der Waals surface area (Å²) in [6, 6.07) is 1.72. The van der Waals surface area contributed by atoms with Crippen molar-refractivity contribution in [3.8, 4) is 0 Å². The van der Waals surface area contributed by atoms with Crippen LogP contribution in [0.25, 0.3) is 0 Å². The number of anilines is 1. The van der Waals surface area contributed by atoms with Gasteiger partial charge in [0.05, 0.1) is 22.1 Å². The minimum atomic E-state index is -0.178. The molecular formula is C13H16ClN3OS. The fourth-order valence-corrected chi connectivity index (χ4v) is 2.97. The average Bonchev–Trinajstić information content (AvgIpc) is 2.89. The number of amides is 1. The SMILES string of the molecule is CCCn1nc(C)c(NC(=O)c2sccc2Cl)c1C. The lowest BCUT2D eigenvalue weighted by atomic mass is 10.3. The molecule has 0 radical (unpaired) electrons. The largest absolute Gasteiger partial charge is 0.318 e. The fraction of sp³-hybridized carbons (Fsp3) is 0.385. The van der Waals surface area contributed by atoms with Crippen LogP contribution in [-0.4, -0.2) is 15.7 Å². The first-order chi connectivity index (χ1) is 9.04. The van der Waals surface area contributed by atoms with Crippen LogP contribution in [0.5, 0.6) is 0 Å². The van der Waals surface area contributed by atoms with Gasteiger partial charge in [-0.2, -0.15) is 5.10 Å². The van der Waals surface area contributed by atoms with Gasteiger partial charge in [0, 0.05) is 6.54 Å². The monoisotopic (exact) mass is 297 g/mol. The second-order valence-electron chi connectivity index (χ2n) is 4.32. The van der Waals surface area contributed by atoms with Gasteiger partial charge in [0.2, 0.25) is 0 Å². The maximum Gasteiger partial charge on any atom is 0.267 e. The molecule has 102 valence electrons. The number of nitrogens with one attached hydrogen (secondary N) is 1. The lowest BCUT2D eigenvalue weighted by Crippen LogP contribution is -2.12. The van der Waals surface area contributed by atoms with E-state index in [-0.39, 0.29) is 5.91 Å². The number of hydrogen-bond donors (Lipinski definition) is 1. The Morgan fingerprint density at radius 1 is 1.53 bits per heavy atom. The molecule has 0 aromatic carbocycles. The van der Waals surface area contributed by atoms with Gasteiger partial charge in [0.15, 0.2) is 0 Å². The van der Waals surface area contributed by atoms with Crippen LogP contribution >= 0.6 is 22.9 Å². The molecule has 0 aliphatic carbocycles. The Bertz CT molecular complexity index is 603. The number of aryl methyl sites for hydroxylation is 2. The molecule has 2 rings (SSSR count). The third-order valence-corrected chi connectivity index (χ3v) is 4.22. The number of rotatable bonds is 4. The highest BCUT2D eigenvalue weighted by Gasteiger charge is 2.17. The normalized spacial score (nSPS) is 10.7. The summed E-state index contributed by atoms with van der Waals surface area (Å²) in [7, 11) is 0. The van der Waals surface area contributed by atoms with Crippen LogP contribution in [0.15, 0.2) is 11.4 Å². The molecule has 0 saturated heterocycles. The van der Waals surface area contributed by atoms with Crippen LogP contribution in [0.3, 0.4) is 0 Å². The first kappa shape index (κ1) is 14.1. The van der Waals surface area contributed by atoms with Crippen molar-refractivity contribution in [3.05, 3.63) is 32.7 Å². The second kappa shape index (κ2) is 5.75. The van der Waals surface area contributed by atoms with E-state index in [0.717, 1.165) is 30.0 Å². The summed E-state index contributed by atoms with van der Waals surface area (Å²) >= 11 is 7.30. The van der Waals surface area contributed by atoms with Gasteiger partial charge in [0.25, 0.3) is 5.91 Å². The average molecular weight is 298 g/mol. The maximum absolute atomic E-state index is 12.1. The molecule has 2 heterocycles. The maximum atomic E-state index is 12.1. The van der Waals surface area contributed by atoms with Crippen molar-refractivity contribution in [1.82, 2.24) is 9.78 Å². The Hall–Kier alpha value is -1.33. The van der Waals surface area contributed by atoms with Gasteiger partial charge in [-0.25, -0.2) is 0 Å². The van der Waals surface area contributed by atoms with E-state index in [2.05, 4.69) is 17.3 Å². The van der Waals surface area contributed by atoms with E-state index in [1.54, 1.807) is 11.4 Å². The Kier molecular flexibility index (Phi) is 4.27. The molecule has 19 heavy (non-hydrogen) atoms. The topological polar surface area (TPSA) is 46.9 Å². The molecule has 0 aliphatic heterocycles. The van der Waals surface area contributed by atoms with Crippen LogP contribution in [0, 0.1) is 13.8 Å². The molecule has 0 spiro atoms. The van der Waals surface area contributed by atoms with Crippen LogP contribution in [-0.2, 0) is 6.54 Å². The Morgan fingerprint density at radius 3 is 2.84 bits per heavy atom. The molecule has 1 amide bonds. The zero-order valence-corrected chi connectivity index (χ0v) is 12.7. The quantitative estimate of drug-likeness (QED) is 0.931. The number of halogens is 1. The fourth-order valence-electron chi connectivity index (χ4n) is 1.93. The molecule has 4 nitrogen and oxygen atoms in total. The van der Waals surface area contributed by atoms with Gasteiger partial charge >= 0.3 is 0 Å². The highest BCUT2D eigenvalue weighted by atomic mass is 35.5. The van der Waals surface area contributed by atoms with E-state index in [1.807, 2.05) is 18.5 Å². The highest BCUT2D eigenvalue weighted by molar-refractivity contribution is 7.12. The van der Waals surface area contributed by atoms with E-state index in [9.17, 15) is 4.79 Å². The van der Waals surface area contributed by atoms with E-state index in [1.165, 1.54) is 11.3 Å². The molecule has 2 aromatic rings. The standard InChI is InChI=1S/C13H16ClN3OS/c1-4-6-17-9(3)11(8(2)16-17)15-13(18)12-10(14)5-7-19-12/h5,7H,4,6H2,1-3H3,(H,15,18). The molecule has 1 N–H and O–H groups in total. The van der Waals surface area contributed by atoms with Crippen molar-refractivity contribution >= 4 is 34.5 Å². The van der Waals surface area contributed by atoms with Crippen molar-refractivity contribution < 1.29 is 4.79 Å². The Labute approximate surface area is 121 Å². The number of aromatic nitrogens is 2. The highest BCUT2D eigenvalue weighted by Crippen LogP contribution is 2.25. The summed E-state index contributed by atoms with van der Waals surface area (Å²) < 4.78 is 1.92. The summed E-state index contributed by atoms with van der Waals surface area (Å²) in [5.74, 6) is -0.178. The van der Waals surface area contributed by atoms with Gasteiger partial charge < -0.3 is 5.32 Å². The molecule has 0 unspecified atom stereocenters. The van der Waals surface area contributed by atoms with Crippen LogP contribution in [0.2, 0.25) is 5.02 Å². The van der Waals surface area contributed by atoms with E-state index in [4.69, 9.17) is 11.6 Å². The number of carbonyl (C=O) groups excluding carboxylic acids is 1. The minimum absolute atomic E-state index is 0.178. The summed E-state index contributed by atoms with van der Waals surface area (Å²) in [5, 5.41) is 9.62. The minimum Gasteiger partial charge on any atom is -0.318 e. The zero-order valence-electron chi connectivity index (χ0n) is 11.2. The number of carbonyl (C=O) groups is 1. The first-order valence-electron chi connectivity index (χ1n) is 6.13. The van der Waals surface area contributed by atoms with Gasteiger partial charge in [-0.15, -0.1) is 11.3 Å². The first-order valence-corrected chi connectivity index (χ1v) is 7.38. The van der Waals surface area contributed by atoms with Gasteiger partial charge in [-0.05, 0) is 31.7 Å². The second-order valence-corrected chi connectivity index (χ2v) is 5.64. The van der Waals surface area contributed by atoms with Crippen molar-refractivity contribution in [2.24, 2.45) is 0 Å². The van der Waals surface area contributed by atoms with Crippen molar-refractivity contribution in [2.75, 3.05) is 5.32 Å². The molecule has 0 fully saturated rings. The van der Waals surface area contributed by atoms with Gasteiger partial charge in [-0.1, -0.05) is 18.5 Å². The van der Waals surface area contributed by atoms with Gasteiger partial charge in [-0.3, -0.25) is 9.48 Å². The van der Waals surface area contributed by atoms with Crippen LogP contribution < -0.4 is 5.32 Å². The van der Waals surface area contributed by atoms with Crippen LogP contribution in [0.1, 0.15) is 34.4 Å². The van der Waals surface area contributed by atoms with Crippen molar-refractivity contribution in [3.63, 3.8) is 0 Å². The molecule has 0 aliphatic rings. The zero-order chi connectivity index (χ0) is 14.0. The van der Waals surface area contributed by atoms with Gasteiger partial charge in [0.1, 0.15) is 4.88 Å². The lowest BCUT2D eigenvalue weighted by molar-refractivity contribution is 0.103. The summed E-state index contributed by atoms with van der Waals surface area (Å²) in [5.41, 5.74) is 2.58. The Morgan fingerprint density at radius 2 is 2.26 bits per heavy atom. The molecule has 2 aromatic heterocycles. The van der Waals surface area contributed by atoms with E-state index >= 15 is 0 Å². The van der Waals surface area contributed by atoms with E-state index in [0.29, 0.717) is 9.90 Å². The predicted molar refractivity (Wildman–Crippen MR) is 79.3 cm³/mol. The molecule has 6 heteroatoms. The van der Waals surface area contributed by atoms with E-state index < -0.39 is 0 Å². The molecule has 0 bridgehead atoms. The third kappa shape index (κ3) is 2.82. The Balaban J connectivity index is 2.24. The summed E-state index contributed by atoms with van der Waals surface area (Å²) in [6.45, 7) is 6.80. The van der Waals surface area contributed by atoms with Crippen molar-refractivity contribution in [1.29, 1.82) is 0 Å². The number of thiophene rings is 1. The third-order valence-electron chi connectivity index (χ3n) is 2.88. The summed E-state index contributed by atoms with van der Waals surface area (Å²) in [6.07, 6.45) is 1.01. The lowest BCUT2D eigenvalue weighted by Gasteiger charge is -2.05. The molecule has 0 saturated carbocycles. The smallest absolute Gasteiger partial charge is 0.267 e. The van der Waals surface area contributed by atoms with Crippen LogP contribution in [0.4, 0.5) is 5.69 Å². The number of nitrogens with zero attached hydrogens (tertiary/aromatic N) is 2.